The van der Waals surface area contributed by atoms with Gasteiger partial charge in [0, 0.05) is 23.3 Å². The number of non-ortho nitro benzene ring substituents is 1. The second-order valence-corrected chi connectivity index (χ2v) is 5.60. The Morgan fingerprint density at radius 1 is 1.12 bits per heavy atom. The molecule has 0 saturated carbocycles. The highest BCUT2D eigenvalue weighted by Gasteiger charge is 2.14. The third kappa shape index (κ3) is 3.16. The normalized spacial score (nSPS) is 10.2. The maximum Gasteiger partial charge on any atom is 0.269 e. The number of nitrogen functional groups attached to an aromatic ring is 1. The molecule has 1 heterocycles. The third-order valence-electron chi connectivity index (χ3n) is 3.86. The predicted octanol–water partition coefficient (Wildman–Crippen LogP) is 4.09. The minimum atomic E-state index is -0.456. The van der Waals surface area contributed by atoms with Crippen LogP contribution in [0.4, 0.5) is 11.5 Å². The molecule has 0 radical (unpaired) electrons. The highest BCUT2D eigenvalue weighted by Crippen LogP contribution is 2.32. The van der Waals surface area contributed by atoms with Crippen LogP contribution in [0.25, 0.3) is 22.4 Å². The number of hydrogen-bond donors (Lipinski definition) is 1. The fraction of sp³-hybridized carbons (Fsp3) is 0.0526. The minimum absolute atomic E-state index is 0.00396. The van der Waals surface area contributed by atoms with Crippen LogP contribution in [0.15, 0.2) is 54.6 Å². The molecule has 0 fully saturated rings. The van der Waals surface area contributed by atoms with Crippen LogP contribution in [0.2, 0.25) is 0 Å². The Balaban J connectivity index is 2.17. The van der Waals surface area contributed by atoms with Gasteiger partial charge in [0.15, 0.2) is 0 Å². The van der Waals surface area contributed by atoms with Crippen LogP contribution in [0.1, 0.15) is 11.1 Å². The molecule has 3 rings (SSSR count). The van der Waals surface area contributed by atoms with Gasteiger partial charge in [0.1, 0.15) is 17.5 Å². The Hall–Kier alpha value is -3.72. The van der Waals surface area contributed by atoms with Crippen molar-refractivity contribution in [3.05, 3.63) is 75.8 Å². The van der Waals surface area contributed by atoms with Crippen molar-refractivity contribution in [2.45, 2.75) is 6.92 Å². The number of pyridine rings is 1. The average molecular weight is 330 g/mol. The number of anilines is 1. The van der Waals surface area contributed by atoms with Gasteiger partial charge in [-0.2, -0.15) is 5.26 Å². The van der Waals surface area contributed by atoms with Gasteiger partial charge in [-0.1, -0.05) is 29.8 Å². The van der Waals surface area contributed by atoms with E-state index in [1.165, 1.54) is 12.1 Å². The summed E-state index contributed by atoms with van der Waals surface area (Å²) in [6.07, 6.45) is 0. The molecular weight excluding hydrogens is 316 g/mol. The van der Waals surface area contributed by atoms with Crippen molar-refractivity contribution in [3.8, 4) is 28.5 Å². The number of hydrogen-bond acceptors (Lipinski definition) is 5. The first kappa shape index (κ1) is 16.1. The van der Waals surface area contributed by atoms with Gasteiger partial charge in [-0.15, -0.1) is 0 Å². The largest absolute Gasteiger partial charge is 0.383 e. The molecule has 6 heteroatoms. The summed E-state index contributed by atoms with van der Waals surface area (Å²) >= 11 is 0. The Kier molecular flexibility index (Phi) is 4.14. The average Bonchev–Trinajstić information content (AvgIpc) is 2.61. The zero-order valence-corrected chi connectivity index (χ0v) is 13.4. The van der Waals surface area contributed by atoms with Crippen LogP contribution >= 0.6 is 0 Å². The fourth-order valence-electron chi connectivity index (χ4n) is 2.62. The number of aromatic nitrogens is 1. The Morgan fingerprint density at radius 3 is 2.44 bits per heavy atom. The number of nitrogens with two attached hydrogens (primary N) is 1. The first-order valence-electron chi connectivity index (χ1n) is 7.52. The molecule has 2 aromatic carbocycles. The minimum Gasteiger partial charge on any atom is -0.383 e. The molecule has 0 aliphatic heterocycles. The lowest BCUT2D eigenvalue weighted by Gasteiger charge is -2.11. The Morgan fingerprint density at radius 2 is 1.84 bits per heavy atom. The molecule has 0 aliphatic rings. The molecule has 3 aromatic rings. The van der Waals surface area contributed by atoms with Gasteiger partial charge in [0.05, 0.1) is 10.6 Å². The van der Waals surface area contributed by atoms with Crippen molar-refractivity contribution < 1.29 is 4.92 Å². The van der Waals surface area contributed by atoms with Gasteiger partial charge >= 0.3 is 0 Å². The number of aryl methyl sites for hydroxylation is 1. The third-order valence-corrected chi connectivity index (χ3v) is 3.86. The lowest BCUT2D eigenvalue weighted by atomic mass is 9.97. The molecule has 122 valence electrons. The summed E-state index contributed by atoms with van der Waals surface area (Å²) in [4.78, 5) is 14.6. The van der Waals surface area contributed by atoms with Crippen molar-refractivity contribution in [2.75, 3.05) is 5.73 Å². The number of benzene rings is 2. The number of rotatable bonds is 3. The number of nitro groups is 1. The molecule has 6 nitrogen and oxygen atoms in total. The van der Waals surface area contributed by atoms with Crippen LogP contribution in [0, 0.1) is 28.4 Å². The van der Waals surface area contributed by atoms with E-state index in [-0.39, 0.29) is 11.5 Å². The SMILES string of the molecule is Cc1cccc(-c2cc(-c3ccc([N+](=O)[O-])cc3)nc(N)c2C#N)c1. The van der Waals surface area contributed by atoms with Crippen LogP contribution < -0.4 is 5.73 Å². The van der Waals surface area contributed by atoms with E-state index in [0.717, 1.165) is 11.1 Å². The highest BCUT2D eigenvalue weighted by atomic mass is 16.6. The summed E-state index contributed by atoms with van der Waals surface area (Å²) in [5.74, 6) is 0.134. The first-order chi connectivity index (χ1) is 12.0. The van der Waals surface area contributed by atoms with E-state index < -0.39 is 4.92 Å². The van der Waals surface area contributed by atoms with Gasteiger partial charge in [-0.05, 0) is 30.7 Å². The standard InChI is InChI=1S/C19H14N4O2/c1-12-3-2-4-14(9-12)16-10-18(22-19(21)17(16)11-20)13-5-7-15(8-6-13)23(24)25/h2-10H,1H3,(H2,21,22). The van der Waals surface area contributed by atoms with Gasteiger partial charge in [0.2, 0.25) is 0 Å². The fourth-order valence-corrected chi connectivity index (χ4v) is 2.62. The lowest BCUT2D eigenvalue weighted by Crippen LogP contribution is -2.00. The van der Waals surface area contributed by atoms with E-state index in [2.05, 4.69) is 11.1 Å². The Bertz CT molecular complexity index is 1000. The molecule has 0 bridgehead atoms. The second kappa shape index (κ2) is 6.42. The van der Waals surface area contributed by atoms with Crippen molar-refractivity contribution in [1.82, 2.24) is 4.98 Å². The quantitative estimate of drug-likeness (QED) is 0.575. The summed E-state index contributed by atoms with van der Waals surface area (Å²) in [5, 5.41) is 20.2. The van der Waals surface area contributed by atoms with E-state index in [1.807, 2.05) is 31.2 Å². The van der Waals surface area contributed by atoms with Crippen molar-refractivity contribution in [3.63, 3.8) is 0 Å². The zero-order chi connectivity index (χ0) is 18.0. The van der Waals surface area contributed by atoms with Gasteiger partial charge < -0.3 is 5.73 Å². The molecule has 0 unspecified atom stereocenters. The smallest absolute Gasteiger partial charge is 0.269 e. The molecule has 25 heavy (non-hydrogen) atoms. The van der Waals surface area contributed by atoms with E-state index in [1.54, 1.807) is 18.2 Å². The highest BCUT2D eigenvalue weighted by molar-refractivity contribution is 5.80. The number of nitrogens with zero attached hydrogens (tertiary/aromatic N) is 3. The summed E-state index contributed by atoms with van der Waals surface area (Å²) in [7, 11) is 0. The Labute approximate surface area is 144 Å². The van der Waals surface area contributed by atoms with Crippen LogP contribution in [-0.4, -0.2) is 9.91 Å². The molecule has 0 amide bonds. The van der Waals surface area contributed by atoms with Gasteiger partial charge in [-0.25, -0.2) is 4.98 Å². The van der Waals surface area contributed by atoms with E-state index in [0.29, 0.717) is 22.4 Å². The van der Waals surface area contributed by atoms with Gasteiger partial charge in [-0.3, -0.25) is 10.1 Å². The van der Waals surface area contributed by atoms with Crippen molar-refractivity contribution >= 4 is 11.5 Å². The maximum atomic E-state index is 10.8. The molecule has 0 saturated heterocycles. The van der Waals surface area contributed by atoms with Crippen LogP contribution in [0.3, 0.4) is 0 Å². The topological polar surface area (TPSA) is 106 Å². The lowest BCUT2D eigenvalue weighted by molar-refractivity contribution is -0.384. The summed E-state index contributed by atoms with van der Waals surface area (Å²) in [5.41, 5.74) is 10.2. The molecule has 0 aliphatic carbocycles. The monoisotopic (exact) mass is 330 g/mol. The molecule has 0 spiro atoms. The summed E-state index contributed by atoms with van der Waals surface area (Å²) in [6, 6.07) is 17.7. The van der Waals surface area contributed by atoms with E-state index in [9.17, 15) is 15.4 Å². The molecule has 0 atom stereocenters. The van der Waals surface area contributed by atoms with E-state index >= 15 is 0 Å². The van der Waals surface area contributed by atoms with Crippen molar-refractivity contribution in [1.29, 1.82) is 5.26 Å². The molecule has 1 aromatic heterocycles. The van der Waals surface area contributed by atoms with Gasteiger partial charge in [0.25, 0.3) is 5.69 Å². The predicted molar refractivity (Wildman–Crippen MR) is 95.6 cm³/mol. The first-order valence-corrected chi connectivity index (χ1v) is 7.52. The number of nitro benzene ring substituents is 1. The second-order valence-electron chi connectivity index (χ2n) is 5.60. The molecular formula is C19H14N4O2. The van der Waals surface area contributed by atoms with Crippen LogP contribution in [-0.2, 0) is 0 Å². The number of nitriles is 1. The maximum absolute atomic E-state index is 10.8. The molecule has 2 N–H and O–H groups in total. The summed E-state index contributed by atoms with van der Waals surface area (Å²) in [6.45, 7) is 1.97. The van der Waals surface area contributed by atoms with Crippen LogP contribution in [0.5, 0.6) is 0 Å². The zero-order valence-electron chi connectivity index (χ0n) is 13.4. The van der Waals surface area contributed by atoms with Crippen molar-refractivity contribution in [2.24, 2.45) is 0 Å². The van der Waals surface area contributed by atoms with E-state index in [4.69, 9.17) is 5.73 Å². The summed E-state index contributed by atoms with van der Waals surface area (Å²) < 4.78 is 0.